The molecular formula is C17H19FN2O. The van der Waals surface area contributed by atoms with Gasteiger partial charge in [0.05, 0.1) is 5.56 Å². The second-order valence-corrected chi connectivity index (χ2v) is 5.08. The van der Waals surface area contributed by atoms with Crippen LogP contribution < -0.4 is 11.1 Å². The van der Waals surface area contributed by atoms with Crippen molar-refractivity contribution in [3.8, 4) is 0 Å². The van der Waals surface area contributed by atoms with Gasteiger partial charge in [0.2, 0.25) is 0 Å². The summed E-state index contributed by atoms with van der Waals surface area (Å²) in [5.41, 5.74) is 7.69. The van der Waals surface area contributed by atoms with Crippen LogP contribution in [0.5, 0.6) is 0 Å². The van der Waals surface area contributed by atoms with E-state index in [2.05, 4.69) is 5.32 Å². The highest BCUT2D eigenvalue weighted by atomic mass is 19.1. The third-order valence-electron chi connectivity index (χ3n) is 3.31. The summed E-state index contributed by atoms with van der Waals surface area (Å²) in [5.74, 6) is -0.948. The van der Waals surface area contributed by atoms with Crippen molar-refractivity contribution in [2.45, 2.75) is 19.4 Å². The predicted octanol–water partition coefficient (Wildman–Crippen LogP) is 2.43. The van der Waals surface area contributed by atoms with Gasteiger partial charge >= 0.3 is 0 Å². The van der Waals surface area contributed by atoms with Crippen LogP contribution in [0.4, 0.5) is 4.39 Å². The average Bonchev–Trinajstić information content (AvgIpc) is 2.50. The van der Waals surface area contributed by atoms with E-state index < -0.39 is 11.7 Å². The molecule has 0 spiro atoms. The monoisotopic (exact) mass is 286 g/mol. The molecule has 0 fully saturated rings. The predicted molar refractivity (Wildman–Crippen MR) is 81.6 cm³/mol. The zero-order chi connectivity index (χ0) is 15.2. The highest BCUT2D eigenvalue weighted by Crippen LogP contribution is 2.11. The van der Waals surface area contributed by atoms with E-state index in [4.69, 9.17) is 5.73 Å². The van der Waals surface area contributed by atoms with Crippen LogP contribution in [0.15, 0.2) is 48.5 Å². The Morgan fingerprint density at radius 3 is 2.62 bits per heavy atom. The van der Waals surface area contributed by atoms with Crippen molar-refractivity contribution >= 4 is 5.91 Å². The molecule has 1 unspecified atom stereocenters. The summed E-state index contributed by atoms with van der Waals surface area (Å²) < 4.78 is 13.7. The molecule has 1 amide bonds. The molecule has 2 rings (SSSR count). The molecule has 0 aliphatic rings. The van der Waals surface area contributed by atoms with Gasteiger partial charge in [-0.3, -0.25) is 4.79 Å². The molecule has 110 valence electrons. The summed E-state index contributed by atoms with van der Waals surface area (Å²) in [4.78, 5) is 12.2. The molecule has 0 radical (unpaired) electrons. The molecule has 0 aliphatic carbocycles. The van der Waals surface area contributed by atoms with Gasteiger partial charge < -0.3 is 11.1 Å². The Kier molecular flexibility index (Phi) is 5.06. The SMILES string of the molecule is Cc1ccc(F)c(C(=O)NC(CN)Cc2ccccc2)c1. The Morgan fingerprint density at radius 2 is 1.95 bits per heavy atom. The van der Waals surface area contributed by atoms with Crippen LogP contribution in [0.25, 0.3) is 0 Å². The second kappa shape index (κ2) is 6.99. The maximum atomic E-state index is 13.7. The number of hydrogen-bond donors (Lipinski definition) is 2. The Balaban J connectivity index is 2.07. The van der Waals surface area contributed by atoms with Gasteiger partial charge in [-0.1, -0.05) is 42.0 Å². The molecular weight excluding hydrogens is 267 g/mol. The largest absolute Gasteiger partial charge is 0.348 e. The molecule has 1 atom stereocenters. The van der Waals surface area contributed by atoms with Crippen molar-refractivity contribution in [3.05, 3.63) is 71.0 Å². The lowest BCUT2D eigenvalue weighted by atomic mass is 10.0. The first kappa shape index (κ1) is 15.2. The fourth-order valence-electron chi connectivity index (χ4n) is 2.17. The third-order valence-corrected chi connectivity index (χ3v) is 3.31. The van der Waals surface area contributed by atoms with Crippen LogP contribution in [-0.4, -0.2) is 18.5 Å². The van der Waals surface area contributed by atoms with Crippen LogP contribution in [0, 0.1) is 12.7 Å². The first-order valence-electron chi connectivity index (χ1n) is 6.91. The maximum absolute atomic E-state index is 13.7. The van der Waals surface area contributed by atoms with Crippen molar-refractivity contribution in [2.75, 3.05) is 6.54 Å². The lowest BCUT2D eigenvalue weighted by Gasteiger charge is -2.17. The highest BCUT2D eigenvalue weighted by Gasteiger charge is 2.16. The zero-order valence-electron chi connectivity index (χ0n) is 12.0. The maximum Gasteiger partial charge on any atom is 0.254 e. The van der Waals surface area contributed by atoms with Gasteiger partial charge in [-0.2, -0.15) is 0 Å². The van der Waals surface area contributed by atoms with Crippen LogP contribution in [0.3, 0.4) is 0 Å². The molecule has 3 N–H and O–H groups in total. The molecule has 0 heterocycles. The number of carbonyl (C=O) groups excluding carboxylic acids is 1. The molecule has 2 aromatic carbocycles. The van der Waals surface area contributed by atoms with E-state index in [1.807, 2.05) is 37.3 Å². The molecule has 0 aliphatic heterocycles. The minimum atomic E-state index is -0.520. The average molecular weight is 286 g/mol. The Bertz CT molecular complexity index is 613. The van der Waals surface area contributed by atoms with Gasteiger partial charge in [-0.05, 0) is 31.0 Å². The van der Waals surface area contributed by atoms with Crippen molar-refractivity contribution < 1.29 is 9.18 Å². The fraction of sp³-hybridized carbons (Fsp3) is 0.235. The first-order valence-corrected chi connectivity index (χ1v) is 6.91. The highest BCUT2D eigenvalue weighted by molar-refractivity contribution is 5.94. The number of rotatable bonds is 5. The number of nitrogens with one attached hydrogen (secondary N) is 1. The zero-order valence-corrected chi connectivity index (χ0v) is 12.0. The third kappa shape index (κ3) is 4.13. The fourth-order valence-corrected chi connectivity index (χ4v) is 2.17. The number of carbonyl (C=O) groups is 1. The van der Waals surface area contributed by atoms with Crippen molar-refractivity contribution in [2.24, 2.45) is 5.73 Å². The molecule has 0 aromatic heterocycles. The van der Waals surface area contributed by atoms with E-state index in [1.165, 1.54) is 6.07 Å². The number of benzene rings is 2. The van der Waals surface area contributed by atoms with Gasteiger partial charge in [-0.15, -0.1) is 0 Å². The summed E-state index contributed by atoms with van der Waals surface area (Å²) in [7, 11) is 0. The second-order valence-electron chi connectivity index (χ2n) is 5.08. The smallest absolute Gasteiger partial charge is 0.254 e. The Hall–Kier alpha value is -2.20. The van der Waals surface area contributed by atoms with Gasteiger partial charge in [0.15, 0.2) is 0 Å². The number of aryl methyl sites for hydroxylation is 1. The van der Waals surface area contributed by atoms with Gasteiger partial charge in [0, 0.05) is 12.6 Å². The Labute approximate surface area is 124 Å². The minimum absolute atomic E-state index is 0.0570. The topological polar surface area (TPSA) is 55.1 Å². The van der Waals surface area contributed by atoms with E-state index in [9.17, 15) is 9.18 Å². The normalized spacial score (nSPS) is 12.0. The van der Waals surface area contributed by atoms with E-state index in [1.54, 1.807) is 12.1 Å². The van der Waals surface area contributed by atoms with Crippen LogP contribution in [0.2, 0.25) is 0 Å². The van der Waals surface area contributed by atoms with E-state index in [0.717, 1.165) is 11.1 Å². The van der Waals surface area contributed by atoms with Crippen LogP contribution >= 0.6 is 0 Å². The quantitative estimate of drug-likeness (QED) is 0.887. The molecule has 0 saturated carbocycles. The van der Waals surface area contributed by atoms with Crippen LogP contribution in [-0.2, 0) is 6.42 Å². The summed E-state index contributed by atoms with van der Waals surface area (Å²) >= 11 is 0. The summed E-state index contributed by atoms with van der Waals surface area (Å²) in [6.07, 6.45) is 0.622. The van der Waals surface area contributed by atoms with E-state index in [-0.39, 0.29) is 11.6 Å². The summed E-state index contributed by atoms with van der Waals surface area (Å²) in [6.45, 7) is 2.12. The molecule has 0 saturated heterocycles. The van der Waals surface area contributed by atoms with Gasteiger partial charge in [0.25, 0.3) is 5.91 Å². The number of amides is 1. The number of hydrogen-bond acceptors (Lipinski definition) is 2. The lowest BCUT2D eigenvalue weighted by molar-refractivity contribution is 0.0934. The van der Waals surface area contributed by atoms with Crippen molar-refractivity contribution in [1.29, 1.82) is 0 Å². The lowest BCUT2D eigenvalue weighted by Crippen LogP contribution is -2.42. The molecule has 3 nitrogen and oxygen atoms in total. The summed E-state index contributed by atoms with van der Waals surface area (Å²) in [6, 6.07) is 14.0. The molecule has 2 aromatic rings. The number of nitrogens with two attached hydrogens (primary N) is 1. The molecule has 0 bridgehead atoms. The summed E-state index contributed by atoms with van der Waals surface area (Å²) in [5, 5.41) is 2.80. The van der Waals surface area contributed by atoms with Gasteiger partial charge in [-0.25, -0.2) is 4.39 Å². The van der Waals surface area contributed by atoms with Crippen molar-refractivity contribution in [3.63, 3.8) is 0 Å². The van der Waals surface area contributed by atoms with Crippen LogP contribution in [0.1, 0.15) is 21.5 Å². The number of halogens is 1. The van der Waals surface area contributed by atoms with E-state index in [0.29, 0.717) is 13.0 Å². The first-order chi connectivity index (χ1) is 10.1. The molecule has 21 heavy (non-hydrogen) atoms. The minimum Gasteiger partial charge on any atom is -0.348 e. The van der Waals surface area contributed by atoms with Gasteiger partial charge in [0.1, 0.15) is 5.82 Å². The van der Waals surface area contributed by atoms with Crippen molar-refractivity contribution in [1.82, 2.24) is 5.32 Å². The Morgan fingerprint density at radius 1 is 1.24 bits per heavy atom. The molecule has 4 heteroatoms. The standard InChI is InChI=1S/C17H19FN2O/c1-12-7-8-16(18)15(9-12)17(21)20-14(11-19)10-13-5-3-2-4-6-13/h2-9,14H,10-11,19H2,1H3,(H,20,21). The van der Waals surface area contributed by atoms with E-state index >= 15 is 0 Å².